The SMILES string of the molecule is COc1ccc(Cl)c(/C(O)=C2\C(=O)C(=O)N(c3ccc(F)cc3)C2c2cccnc2)c1. The number of benzene rings is 2. The molecule has 3 aromatic rings. The maximum absolute atomic E-state index is 13.5. The van der Waals surface area contributed by atoms with Gasteiger partial charge in [0.05, 0.1) is 23.7 Å². The number of Topliss-reactive ketones (excluding diaryl/α,β-unsaturated/α-hetero) is 1. The fourth-order valence-electron chi connectivity index (χ4n) is 3.51. The third kappa shape index (κ3) is 3.64. The summed E-state index contributed by atoms with van der Waals surface area (Å²) in [5.41, 5.74) is 0.782. The van der Waals surface area contributed by atoms with Crippen LogP contribution in [0.1, 0.15) is 17.2 Å². The number of amides is 1. The van der Waals surface area contributed by atoms with E-state index in [-0.39, 0.29) is 16.2 Å². The molecule has 4 rings (SSSR count). The lowest BCUT2D eigenvalue weighted by atomic mass is 9.96. The molecule has 1 aliphatic heterocycles. The largest absolute Gasteiger partial charge is 0.507 e. The summed E-state index contributed by atoms with van der Waals surface area (Å²) in [4.78, 5) is 31.3. The number of anilines is 1. The van der Waals surface area contributed by atoms with E-state index in [9.17, 15) is 19.1 Å². The van der Waals surface area contributed by atoms with Crippen LogP contribution in [0.25, 0.3) is 5.76 Å². The Labute approximate surface area is 182 Å². The van der Waals surface area contributed by atoms with Gasteiger partial charge in [-0.05, 0) is 54.1 Å². The molecule has 0 aliphatic carbocycles. The molecule has 2 heterocycles. The molecule has 8 heteroatoms. The number of aromatic nitrogens is 1. The predicted octanol–water partition coefficient (Wildman–Crippen LogP) is 4.51. The van der Waals surface area contributed by atoms with Crippen LogP contribution < -0.4 is 9.64 Å². The van der Waals surface area contributed by atoms with Crippen molar-refractivity contribution in [3.63, 3.8) is 0 Å². The zero-order chi connectivity index (χ0) is 22.1. The molecule has 31 heavy (non-hydrogen) atoms. The first-order valence-corrected chi connectivity index (χ1v) is 9.60. The molecule has 1 unspecified atom stereocenters. The van der Waals surface area contributed by atoms with Crippen LogP contribution >= 0.6 is 11.6 Å². The van der Waals surface area contributed by atoms with Crippen molar-refractivity contribution < 1.29 is 23.8 Å². The van der Waals surface area contributed by atoms with Gasteiger partial charge >= 0.3 is 0 Å². The van der Waals surface area contributed by atoms with E-state index >= 15 is 0 Å². The first-order valence-electron chi connectivity index (χ1n) is 9.22. The molecule has 1 amide bonds. The van der Waals surface area contributed by atoms with Gasteiger partial charge in [-0.25, -0.2) is 4.39 Å². The van der Waals surface area contributed by atoms with Gasteiger partial charge in [-0.1, -0.05) is 17.7 Å². The molecule has 1 fully saturated rings. The Bertz CT molecular complexity index is 1200. The van der Waals surface area contributed by atoms with Crippen LogP contribution in [0.5, 0.6) is 5.75 Å². The third-order valence-electron chi connectivity index (χ3n) is 4.98. The summed E-state index contributed by atoms with van der Waals surface area (Å²) in [6.07, 6.45) is 3.04. The van der Waals surface area contributed by atoms with Gasteiger partial charge in [0.15, 0.2) is 0 Å². The number of rotatable bonds is 4. The smallest absolute Gasteiger partial charge is 0.300 e. The maximum Gasteiger partial charge on any atom is 0.300 e. The van der Waals surface area contributed by atoms with Crippen LogP contribution in [-0.2, 0) is 9.59 Å². The summed E-state index contributed by atoms with van der Waals surface area (Å²) in [5.74, 6) is -2.27. The fraction of sp³-hybridized carbons (Fsp3) is 0.0870. The first-order chi connectivity index (χ1) is 14.9. The number of aliphatic hydroxyl groups excluding tert-OH is 1. The number of carbonyl (C=O) groups is 2. The highest BCUT2D eigenvalue weighted by Crippen LogP contribution is 2.43. The molecular formula is C23H16ClFN2O4. The lowest BCUT2D eigenvalue weighted by Crippen LogP contribution is -2.29. The number of aliphatic hydroxyl groups is 1. The Balaban J connectivity index is 1.96. The molecule has 156 valence electrons. The van der Waals surface area contributed by atoms with E-state index in [1.165, 1.54) is 54.6 Å². The Morgan fingerprint density at radius 3 is 2.55 bits per heavy atom. The van der Waals surface area contributed by atoms with Gasteiger partial charge in [-0.2, -0.15) is 0 Å². The molecule has 0 radical (unpaired) electrons. The Morgan fingerprint density at radius 1 is 1.16 bits per heavy atom. The normalized spacial score (nSPS) is 17.8. The molecule has 0 bridgehead atoms. The van der Waals surface area contributed by atoms with Gasteiger partial charge in [-0.3, -0.25) is 19.5 Å². The monoisotopic (exact) mass is 438 g/mol. The molecule has 1 saturated heterocycles. The Morgan fingerprint density at radius 2 is 1.90 bits per heavy atom. The average molecular weight is 439 g/mol. The van der Waals surface area contributed by atoms with E-state index in [1.54, 1.807) is 24.4 Å². The average Bonchev–Trinajstić information content (AvgIpc) is 3.05. The number of hydrogen-bond donors (Lipinski definition) is 1. The lowest BCUT2D eigenvalue weighted by Gasteiger charge is -2.25. The van der Waals surface area contributed by atoms with Gasteiger partial charge in [0.25, 0.3) is 11.7 Å². The van der Waals surface area contributed by atoms with Crippen molar-refractivity contribution >= 4 is 34.7 Å². The van der Waals surface area contributed by atoms with E-state index in [2.05, 4.69) is 4.98 Å². The number of halogens is 2. The van der Waals surface area contributed by atoms with E-state index in [1.807, 2.05) is 0 Å². The molecule has 1 N–H and O–H groups in total. The molecule has 1 aliphatic rings. The minimum Gasteiger partial charge on any atom is -0.507 e. The van der Waals surface area contributed by atoms with Crippen molar-refractivity contribution in [2.45, 2.75) is 6.04 Å². The lowest BCUT2D eigenvalue weighted by molar-refractivity contribution is -0.132. The predicted molar refractivity (Wildman–Crippen MR) is 113 cm³/mol. The fourth-order valence-corrected chi connectivity index (χ4v) is 3.72. The highest BCUT2D eigenvalue weighted by atomic mass is 35.5. The van der Waals surface area contributed by atoms with Gasteiger partial charge in [0.2, 0.25) is 0 Å². The van der Waals surface area contributed by atoms with Crippen molar-refractivity contribution in [1.29, 1.82) is 0 Å². The number of carbonyl (C=O) groups excluding carboxylic acids is 2. The summed E-state index contributed by atoms with van der Waals surface area (Å²) in [7, 11) is 1.45. The quantitative estimate of drug-likeness (QED) is 0.368. The number of ether oxygens (including phenoxy) is 1. The van der Waals surface area contributed by atoms with Crippen molar-refractivity contribution in [1.82, 2.24) is 4.98 Å². The molecule has 0 spiro atoms. The van der Waals surface area contributed by atoms with E-state index in [0.717, 1.165) is 0 Å². The van der Waals surface area contributed by atoms with Crippen LogP contribution in [0.4, 0.5) is 10.1 Å². The number of nitrogens with zero attached hydrogens (tertiary/aromatic N) is 2. The molecule has 0 saturated carbocycles. The summed E-state index contributed by atoms with van der Waals surface area (Å²) >= 11 is 6.26. The molecule has 6 nitrogen and oxygen atoms in total. The Hall–Kier alpha value is -3.71. The van der Waals surface area contributed by atoms with Gasteiger partial charge in [0.1, 0.15) is 17.3 Å². The van der Waals surface area contributed by atoms with E-state index < -0.39 is 29.3 Å². The maximum atomic E-state index is 13.5. The van der Waals surface area contributed by atoms with Crippen LogP contribution in [-0.4, -0.2) is 28.9 Å². The van der Waals surface area contributed by atoms with Crippen molar-refractivity contribution in [3.05, 3.63) is 94.5 Å². The highest BCUT2D eigenvalue weighted by molar-refractivity contribution is 6.52. The number of hydrogen-bond acceptors (Lipinski definition) is 5. The number of pyridine rings is 1. The second-order valence-corrected chi connectivity index (χ2v) is 7.18. The number of methoxy groups -OCH3 is 1. The van der Waals surface area contributed by atoms with Gasteiger partial charge < -0.3 is 9.84 Å². The number of ketones is 1. The second-order valence-electron chi connectivity index (χ2n) is 6.78. The minimum absolute atomic E-state index is 0.145. The molecule has 1 aromatic heterocycles. The van der Waals surface area contributed by atoms with Crippen LogP contribution in [0.2, 0.25) is 5.02 Å². The van der Waals surface area contributed by atoms with Crippen molar-refractivity contribution in [3.8, 4) is 5.75 Å². The van der Waals surface area contributed by atoms with Crippen LogP contribution in [0.3, 0.4) is 0 Å². The van der Waals surface area contributed by atoms with Crippen molar-refractivity contribution in [2.24, 2.45) is 0 Å². The van der Waals surface area contributed by atoms with Crippen molar-refractivity contribution in [2.75, 3.05) is 12.0 Å². The standard InChI is InChI=1S/C23H16ClFN2O4/c1-31-16-8-9-18(24)17(11-16)21(28)19-20(13-3-2-10-26-12-13)27(23(30)22(19)29)15-6-4-14(25)5-7-15/h2-12,20,28H,1H3/b21-19+. The first kappa shape index (κ1) is 20.6. The molecule has 1 atom stereocenters. The summed E-state index contributed by atoms with van der Waals surface area (Å²) < 4.78 is 18.6. The summed E-state index contributed by atoms with van der Waals surface area (Å²) in [6, 6.07) is 12.1. The summed E-state index contributed by atoms with van der Waals surface area (Å²) in [5, 5.41) is 11.3. The van der Waals surface area contributed by atoms with Gasteiger partial charge in [0, 0.05) is 23.6 Å². The summed E-state index contributed by atoms with van der Waals surface area (Å²) in [6.45, 7) is 0. The van der Waals surface area contributed by atoms with Crippen LogP contribution in [0.15, 0.2) is 72.6 Å². The Kier molecular flexibility index (Phi) is 5.44. The third-order valence-corrected chi connectivity index (χ3v) is 5.31. The zero-order valence-electron chi connectivity index (χ0n) is 16.3. The second kappa shape index (κ2) is 8.20. The zero-order valence-corrected chi connectivity index (χ0v) is 17.0. The van der Waals surface area contributed by atoms with E-state index in [4.69, 9.17) is 16.3 Å². The molecular weight excluding hydrogens is 423 g/mol. The van der Waals surface area contributed by atoms with Gasteiger partial charge in [-0.15, -0.1) is 0 Å². The highest BCUT2D eigenvalue weighted by Gasteiger charge is 2.47. The molecule has 2 aromatic carbocycles. The van der Waals surface area contributed by atoms with E-state index in [0.29, 0.717) is 17.0 Å². The topological polar surface area (TPSA) is 79.7 Å². The van der Waals surface area contributed by atoms with Crippen LogP contribution in [0, 0.1) is 5.82 Å². The minimum atomic E-state index is -0.985.